The van der Waals surface area contributed by atoms with Crippen LogP contribution in [0.5, 0.6) is 0 Å². The number of fused-ring (bicyclic) bond motifs is 9. The first kappa shape index (κ1) is 34.4. The topological polar surface area (TPSA) is 17.3 Å². The Bertz CT molecular complexity index is 3440. The van der Waals surface area contributed by atoms with Crippen molar-refractivity contribution in [1.29, 1.82) is 0 Å². The molecule has 0 atom stereocenters. The van der Waals surface area contributed by atoms with Crippen LogP contribution in [0.4, 0.5) is 0 Å². The third-order valence-electron chi connectivity index (χ3n) is 12.3. The Labute approximate surface area is 342 Å². The molecule has 0 N–H and O–H groups in total. The van der Waals surface area contributed by atoms with Gasteiger partial charge >= 0.3 is 0 Å². The van der Waals surface area contributed by atoms with E-state index in [9.17, 15) is 0 Å². The smallest absolute Gasteiger partial charge is 0.0790 e. The lowest BCUT2D eigenvalue weighted by Crippen LogP contribution is -2.25. The van der Waals surface area contributed by atoms with Gasteiger partial charge < -0.3 is 4.57 Å². The van der Waals surface area contributed by atoms with Crippen LogP contribution in [0, 0.1) is 0 Å². The zero-order chi connectivity index (χ0) is 39.1. The van der Waals surface area contributed by atoms with Crippen LogP contribution in [0.15, 0.2) is 181 Å². The molecular formula is C55H40N2S. The summed E-state index contributed by atoms with van der Waals surface area (Å²) in [7, 11) is 0. The molecule has 0 saturated carbocycles. The number of nitrogens with zero attached hydrogens (tertiary/aromatic N) is 2. The summed E-state index contributed by atoms with van der Waals surface area (Å²) in [5, 5.41) is 6.99. The first-order chi connectivity index (χ1) is 28.3. The lowest BCUT2D eigenvalue weighted by Gasteiger charge is -2.21. The van der Waals surface area contributed by atoms with Gasteiger partial charge in [-0.1, -0.05) is 142 Å². The van der Waals surface area contributed by atoms with Crippen LogP contribution in [0.2, 0.25) is 0 Å². The van der Waals surface area contributed by atoms with E-state index in [0.717, 1.165) is 33.0 Å². The van der Waals surface area contributed by atoms with Crippen molar-refractivity contribution < 1.29 is 0 Å². The van der Waals surface area contributed by atoms with Crippen LogP contribution in [-0.2, 0) is 5.41 Å². The second-order valence-electron chi connectivity index (χ2n) is 16.0. The summed E-state index contributed by atoms with van der Waals surface area (Å²) in [6.07, 6.45) is 0. The van der Waals surface area contributed by atoms with Crippen molar-refractivity contribution in [2.75, 3.05) is 0 Å². The molecule has 11 rings (SSSR count). The van der Waals surface area contributed by atoms with Crippen LogP contribution in [-0.4, -0.2) is 10.3 Å². The third-order valence-corrected chi connectivity index (χ3v) is 13.4. The number of para-hydroxylation sites is 1. The van der Waals surface area contributed by atoms with Gasteiger partial charge in [-0.25, -0.2) is 0 Å². The molecule has 8 aromatic carbocycles. The maximum absolute atomic E-state index is 5.40. The van der Waals surface area contributed by atoms with E-state index in [4.69, 9.17) is 4.99 Å². The minimum atomic E-state index is -0.0839. The van der Waals surface area contributed by atoms with E-state index >= 15 is 0 Å². The average Bonchev–Trinajstić information content (AvgIpc) is 3.87. The van der Waals surface area contributed by atoms with E-state index in [1.807, 2.05) is 23.5 Å². The van der Waals surface area contributed by atoms with Crippen molar-refractivity contribution in [3.63, 3.8) is 0 Å². The third kappa shape index (κ3) is 5.27. The van der Waals surface area contributed by atoms with E-state index < -0.39 is 0 Å². The lowest BCUT2D eigenvalue weighted by atomic mass is 9.82. The summed E-state index contributed by atoms with van der Waals surface area (Å²) >= 11 is 1.84. The molecule has 0 amide bonds. The van der Waals surface area contributed by atoms with E-state index in [1.54, 1.807) is 0 Å². The Morgan fingerprint density at radius 1 is 0.569 bits per heavy atom. The normalized spacial score (nSPS) is 14.0. The predicted octanol–water partition coefficient (Wildman–Crippen LogP) is 13.2. The Morgan fingerprint density at radius 2 is 1.26 bits per heavy atom. The van der Waals surface area contributed by atoms with Gasteiger partial charge in [-0.2, -0.15) is 0 Å². The fraction of sp³-hybridized carbons (Fsp3) is 0.0727. The van der Waals surface area contributed by atoms with Gasteiger partial charge in [0, 0.05) is 58.5 Å². The SMILES string of the molecule is C=c1cccc/c1=C(/N=C(C)c1ccccc1)c1cccc2sc3ccc(-c4ccc5c(c4)c4cc6c(cc4n5-c4ccccc4)C(C)(C)c4ccccc4-6)cc3c12. The minimum Gasteiger partial charge on any atom is -0.309 e. The summed E-state index contributed by atoms with van der Waals surface area (Å²) in [6, 6.07) is 64.1. The average molecular weight is 761 g/mol. The van der Waals surface area contributed by atoms with Crippen LogP contribution in [0.3, 0.4) is 0 Å². The first-order valence-electron chi connectivity index (χ1n) is 20.0. The van der Waals surface area contributed by atoms with Crippen molar-refractivity contribution in [2.24, 2.45) is 4.99 Å². The molecule has 2 heterocycles. The highest BCUT2D eigenvalue weighted by Crippen LogP contribution is 2.51. The van der Waals surface area contributed by atoms with Crippen LogP contribution < -0.4 is 10.4 Å². The molecule has 3 heteroatoms. The van der Waals surface area contributed by atoms with E-state index in [1.165, 1.54) is 81.0 Å². The highest BCUT2D eigenvalue weighted by atomic mass is 32.1. The zero-order valence-corrected chi connectivity index (χ0v) is 33.6. The van der Waals surface area contributed by atoms with Crippen molar-refractivity contribution in [2.45, 2.75) is 26.2 Å². The van der Waals surface area contributed by atoms with Crippen LogP contribution in [0.1, 0.15) is 43.0 Å². The first-order valence-corrected chi connectivity index (χ1v) is 20.8. The summed E-state index contributed by atoms with van der Waals surface area (Å²) in [5.74, 6) is 0. The van der Waals surface area contributed by atoms with Gasteiger partial charge in [-0.3, -0.25) is 4.99 Å². The van der Waals surface area contributed by atoms with Gasteiger partial charge in [0.15, 0.2) is 0 Å². The van der Waals surface area contributed by atoms with E-state index in [-0.39, 0.29) is 5.41 Å². The Morgan fingerprint density at radius 3 is 2.07 bits per heavy atom. The van der Waals surface area contributed by atoms with Gasteiger partial charge in [0.2, 0.25) is 0 Å². The molecule has 0 unspecified atom stereocenters. The van der Waals surface area contributed by atoms with Crippen LogP contribution >= 0.6 is 11.3 Å². The van der Waals surface area contributed by atoms with Crippen LogP contribution in [0.25, 0.3) is 82.2 Å². The quantitative estimate of drug-likeness (QED) is 0.155. The predicted molar refractivity (Wildman–Crippen MR) is 249 cm³/mol. The molecule has 2 aromatic heterocycles. The highest BCUT2D eigenvalue weighted by Gasteiger charge is 2.36. The molecule has 0 bridgehead atoms. The van der Waals surface area contributed by atoms with Crippen molar-refractivity contribution in [3.05, 3.63) is 209 Å². The molecule has 276 valence electrons. The molecule has 0 radical (unpaired) electrons. The fourth-order valence-corrected chi connectivity index (χ4v) is 10.5. The Hall–Kier alpha value is -6.81. The number of hydrogen-bond acceptors (Lipinski definition) is 2. The molecular weight excluding hydrogens is 721 g/mol. The van der Waals surface area contributed by atoms with Crippen molar-refractivity contribution in [3.8, 4) is 27.9 Å². The lowest BCUT2D eigenvalue weighted by molar-refractivity contribution is 0.661. The summed E-state index contributed by atoms with van der Waals surface area (Å²) in [5.41, 5.74) is 15.5. The number of rotatable bonds is 5. The molecule has 0 fully saturated rings. The Balaban J connectivity index is 1.14. The molecule has 10 aromatic rings. The zero-order valence-electron chi connectivity index (χ0n) is 32.8. The molecule has 2 nitrogen and oxygen atoms in total. The van der Waals surface area contributed by atoms with E-state index in [0.29, 0.717) is 0 Å². The second kappa shape index (κ2) is 13.1. The molecule has 0 saturated heterocycles. The Kier molecular flexibility index (Phi) is 7.79. The van der Waals surface area contributed by atoms with E-state index in [2.05, 4.69) is 196 Å². The second-order valence-corrected chi connectivity index (χ2v) is 17.1. The van der Waals surface area contributed by atoms with Gasteiger partial charge in [-0.05, 0) is 106 Å². The van der Waals surface area contributed by atoms with Gasteiger partial charge in [-0.15, -0.1) is 11.3 Å². The monoisotopic (exact) mass is 760 g/mol. The van der Waals surface area contributed by atoms with Gasteiger partial charge in [0.1, 0.15) is 0 Å². The summed E-state index contributed by atoms with van der Waals surface area (Å²) in [4.78, 5) is 5.40. The molecule has 0 aliphatic heterocycles. The number of aromatic nitrogens is 1. The number of thiophene rings is 1. The van der Waals surface area contributed by atoms with Gasteiger partial charge in [0.25, 0.3) is 0 Å². The number of hydrogen-bond donors (Lipinski definition) is 0. The van der Waals surface area contributed by atoms with Crippen molar-refractivity contribution >= 4 is 71.3 Å². The largest absolute Gasteiger partial charge is 0.309 e. The standard InChI is InChI=1S/C55H40N2S/c1-34-16-11-12-21-40(34)54(56-35(2)36-17-7-5-8-18-36)42-23-15-25-52-53(42)46-31-38(27-29-51(46)58-52)37-26-28-49-44(30-37)45-32-43-41-22-13-14-24-47(41)55(3,4)48(43)33-50(45)57(49)39-19-9-6-10-20-39/h5-33H,1H2,2-4H3/b54-40-,56-35?. The summed E-state index contributed by atoms with van der Waals surface area (Å²) in [6.45, 7) is 11.3. The maximum atomic E-state index is 5.40. The molecule has 58 heavy (non-hydrogen) atoms. The minimum absolute atomic E-state index is 0.0839. The van der Waals surface area contributed by atoms with Gasteiger partial charge in [0.05, 0.1) is 16.7 Å². The summed E-state index contributed by atoms with van der Waals surface area (Å²) < 4.78 is 4.95. The molecule has 1 aliphatic carbocycles. The molecule has 1 aliphatic rings. The maximum Gasteiger partial charge on any atom is 0.0790 e. The number of benzene rings is 8. The highest BCUT2D eigenvalue weighted by molar-refractivity contribution is 7.25. The van der Waals surface area contributed by atoms with Crippen molar-refractivity contribution in [1.82, 2.24) is 4.57 Å². The fourth-order valence-electron chi connectivity index (χ4n) is 9.38. The molecule has 0 spiro atoms. The number of aliphatic imine (C=N–C) groups is 1.